The van der Waals surface area contributed by atoms with Crippen molar-refractivity contribution in [2.75, 3.05) is 0 Å². The molecule has 0 amide bonds. The van der Waals surface area contributed by atoms with Crippen molar-refractivity contribution in [3.05, 3.63) is 248 Å². The van der Waals surface area contributed by atoms with E-state index in [2.05, 4.69) is 231 Å². The summed E-state index contributed by atoms with van der Waals surface area (Å²) in [5.41, 5.74) is 19.3. The molecule has 1 N–H and O–H groups in total. The molecule has 11 aromatic rings. The molecule has 3 heteroatoms. The minimum Gasteiger partial charge on any atom is -0.507 e. The van der Waals surface area contributed by atoms with Crippen LogP contribution in [0.2, 0.25) is 0 Å². The second kappa shape index (κ2) is 17.9. The highest BCUT2D eigenvalue weighted by atomic mass is 16.3. The van der Waals surface area contributed by atoms with Gasteiger partial charge in [-0.2, -0.15) is 0 Å². The molecule has 1 aliphatic carbocycles. The smallest absolute Gasteiger partial charge is 0.123 e. The van der Waals surface area contributed by atoms with Crippen LogP contribution in [0.3, 0.4) is 0 Å². The summed E-state index contributed by atoms with van der Waals surface area (Å²) >= 11 is 0. The number of hydrogen-bond donors (Lipinski definition) is 1. The predicted octanol–water partition coefficient (Wildman–Crippen LogP) is 17.5. The molecule has 0 fully saturated rings. The minimum atomic E-state index is 0.268. The van der Waals surface area contributed by atoms with E-state index in [-0.39, 0.29) is 11.7 Å². The number of phenols is 1. The number of hydrogen-bond acceptors (Lipinski definition) is 3. The van der Waals surface area contributed by atoms with E-state index in [1.807, 2.05) is 12.3 Å². The van der Waals surface area contributed by atoms with Gasteiger partial charge in [0.05, 0.1) is 22.9 Å². The van der Waals surface area contributed by atoms with E-state index in [0.717, 1.165) is 118 Å². The minimum absolute atomic E-state index is 0.268. The third kappa shape index (κ3) is 7.88. The molecule has 0 bridgehead atoms. The number of aromatic hydroxyl groups is 1. The highest BCUT2D eigenvalue weighted by molar-refractivity contribution is 6.24. The second-order valence-electron chi connectivity index (χ2n) is 18.1. The third-order valence-corrected chi connectivity index (χ3v) is 13.9. The zero-order valence-corrected chi connectivity index (χ0v) is 38.3. The van der Waals surface area contributed by atoms with E-state index in [1.165, 1.54) is 16.7 Å². The summed E-state index contributed by atoms with van der Waals surface area (Å²) in [6.07, 6.45) is 12.4. The van der Waals surface area contributed by atoms with E-state index in [1.54, 1.807) is 0 Å². The molecule has 12 rings (SSSR count). The monoisotopic (exact) mass is 884 g/mol. The van der Waals surface area contributed by atoms with Gasteiger partial charge in [-0.3, -0.25) is 4.98 Å². The lowest BCUT2D eigenvalue weighted by Gasteiger charge is -2.20. The average Bonchev–Trinajstić information content (AvgIpc) is 3.43. The van der Waals surface area contributed by atoms with Crippen LogP contribution < -0.4 is 0 Å². The quantitative estimate of drug-likeness (QED) is 0.147. The van der Waals surface area contributed by atoms with Crippen LogP contribution in [0.1, 0.15) is 30.4 Å². The Kier molecular flexibility index (Phi) is 10.8. The fraction of sp³-hybridized carbons (Fsp3) is 0.0606. The maximum Gasteiger partial charge on any atom is 0.123 e. The Balaban J connectivity index is 0.981. The van der Waals surface area contributed by atoms with Crippen molar-refractivity contribution in [1.29, 1.82) is 0 Å². The number of nitrogens with zero attached hydrogens (tertiary/aromatic N) is 2. The first-order valence-corrected chi connectivity index (χ1v) is 23.9. The highest BCUT2D eigenvalue weighted by Crippen LogP contribution is 2.44. The number of phenolic OH excluding ortho intramolecular Hbond substituents is 1. The largest absolute Gasteiger partial charge is 0.507 e. The first-order chi connectivity index (χ1) is 34.1. The lowest BCUT2D eigenvalue weighted by atomic mass is 9.84. The maximum absolute atomic E-state index is 11.6. The van der Waals surface area contributed by atoms with Crippen LogP contribution in [-0.4, -0.2) is 15.1 Å². The fourth-order valence-electron chi connectivity index (χ4n) is 10.4. The molecule has 0 saturated heterocycles. The van der Waals surface area contributed by atoms with Gasteiger partial charge in [-0.1, -0.05) is 189 Å². The van der Waals surface area contributed by atoms with Gasteiger partial charge in [-0.25, -0.2) is 4.98 Å². The van der Waals surface area contributed by atoms with Crippen molar-refractivity contribution in [2.45, 2.75) is 25.7 Å². The van der Waals surface area contributed by atoms with Crippen LogP contribution in [0.4, 0.5) is 0 Å². The number of benzene rings is 10. The number of rotatable bonds is 9. The van der Waals surface area contributed by atoms with Crippen molar-refractivity contribution in [1.82, 2.24) is 9.97 Å². The van der Waals surface area contributed by atoms with Crippen molar-refractivity contribution >= 4 is 32.6 Å². The topological polar surface area (TPSA) is 46.0 Å². The Hall–Kier alpha value is -8.66. The summed E-state index contributed by atoms with van der Waals surface area (Å²) in [5.74, 6) is 0.557. The Morgan fingerprint density at radius 2 is 0.986 bits per heavy atom. The summed E-state index contributed by atoms with van der Waals surface area (Å²) in [6, 6.07) is 73.4. The molecule has 10 aromatic carbocycles. The zero-order chi connectivity index (χ0) is 46.3. The predicted molar refractivity (Wildman–Crippen MR) is 289 cm³/mol. The molecule has 0 spiro atoms. The van der Waals surface area contributed by atoms with Crippen LogP contribution in [0.25, 0.3) is 111 Å². The van der Waals surface area contributed by atoms with Crippen molar-refractivity contribution in [3.8, 4) is 83.8 Å². The third-order valence-electron chi connectivity index (χ3n) is 13.9. The lowest BCUT2D eigenvalue weighted by molar-refractivity contribution is 0.477. The number of aromatic nitrogens is 2. The zero-order valence-electron chi connectivity index (χ0n) is 38.3. The molecule has 3 nitrogen and oxygen atoms in total. The Morgan fingerprint density at radius 1 is 0.435 bits per heavy atom. The van der Waals surface area contributed by atoms with E-state index in [4.69, 9.17) is 9.97 Å². The van der Waals surface area contributed by atoms with Gasteiger partial charge >= 0.3 is 0 Å². The van der Waals surface area contributed by atoms with Crippen molar-refractivity contribution in [3.63, 3.8) is 0 Å². The van der Waals surface area contributed by atoms with Crippen molar-refractivity contribution in [2.24, 2.45) is 0 Å². The van der Waals surface area contributed by atoms with Gasteiger partial charge in [0.1, 0.15) is 5.75 Å². The van der Waals surface area contributed by atoms with Gasteiger partial charge in [0.2, 0.25) is 0 Å². The second-order valence-corrected chi connectivity index (χ2v) is 18.1. The summed E-state index contributed by atoms with van der Waals surface area (Å²) in [4.78, 5) is 10.8. The molecule has 1 unspecified atom stereocenters. The van der Waals surface area contributed by atoms with E-state index < -0.39 is 0 Å². The molecule has 1 aromatic heterocycles. The van der Waals surface area contributed by atoms with Gasteiger partial charge in [0, 0.05) is 27.8 Å². The lowest BCUT2D eigenvalue weighted by Crippen LogP contribution is -1.99. The van der Waals surface area contributed by atoms with Gasteiger partial charge in [0.15, 0.2) is 0 Å². The van der Waals surface area contributed by atoms with Crippen molar-refractivity contribution < 1.29 is 5.11 Å². The highest BCUT2D eigenvalue weighted by Gasteiger charge is 2.20. The molecule has 328 valence electrons. The normalized spacial score (nSPS) is 13.4. The van der Waals surface area contributed by atoms with Crippen LogP contribution in [0, 0.1) is 0 Å². The fourth-order valence-corrected chi connectivity index (χ4v) is 10.4. The molecule has 1 aliphatic rings. The Bertz CT molecular complexity index is 3800. The molecular weight excluding hydrogens is 837 g/mol. The van der Waals surface area contributed by atoms with E-state index in [9.17, 15) is 5.11 Å². The molecule has 0 radical (unpaired) electrons. The van der Waals surface area contributed by atoms with Gasteiger partial charge < -0.3 is 5.11 Å². The molecule has 0 aliphatic heterocycles. The first kappa shape index (κ1) is 41.7. The standard InChI is InChI=1S/C66H48N2O/c1-2-55-58(40-54(46-23-13-6-14-24-46)41-59(55)60-37-51(31-34-64(60)69)45-21-11-5-12-22-45)52-27-15-25-47(35-52)48-26-16-28-53(36-48)63-42-67-65-61-38-49(43-17-7-3-8-18-43)29-32-56(61)57-33-30-50(39-62(57)66(65)68-63)44-19-9-4-10-20-44/h3-21,23-42,45,69H,2,22H2,1H3. The SMILES string of the molecule is CCc1c(-c2cccc(-c3cccc(-c4cnc5c6cc(-c7ccccc7)ccc6c6ccc(-c7ccccc7)cc6c5n4)c3)c2)cc(-c2ccccc2)cc1-c1cc(C2C=CC=CC2)ccc1O. The van der Waals surface area contributed by atoms with Gasteiger partial charge in [0.25, 0.3) is 0 Å². The van der Waals surface area contributed by atoms with Crippen LogP contribution in [-0.2, 0) is 6.42 Å². The van der Waals surface area contributed by atoms with Crippen LogP contribution in [0.15, 0.2) is 237 Å². The summed E-state index contributed by atoms with van der Waals surface area (Å²) in [6.45, 7) is 2.22. The van der Waals surface area contributed by atoms with Gasteiger partial charge in [-0.15, -0.1) is 0 Å². The molecule has 1 atom stereocenters. The number of fused-ring (bicyclic) bond motifs is 6. The average molecular weight is 885 g/mol. The van der Waals surface area contributed by atoms with Crippen LogP contribution in [0.5, 0.6) is 5.75 Å². The molecule has 0 saturated carbocycles. The Morgan fingerprint density at radius 3 is 1.61 bits per heavy atom. The first-order valence-electron chi connectivity index (χ1n) is 23.9. The number of allylic oxidation sites excluding steroid dienone is 4. The molecule has 69 heavy (non-hydrogen) atoms. The van der Waals surface area contributed by atoms with E-state index in [0.29, 0.717) is 0 Å². The van der Waals surface area contributed by atoms with E-state index >= 15 is 0 Å². The van der Waals surface area contributed by atoms with Crippen LogP contribution >= 0.6 is 0 Å². The summed E-state index contributed by atoms with van der Waals surface area (Å²) in [5, 5.41) is 16.1. The maximum atomic E-state index is 11.6. The molecular formula is C66H48N2O. The summed E-state index contributed by atoms with van der Waals surface area (Å²) < 4.78 is 0. The summed E-state index contributed by atoms with van der Waals surface area (Å²) in [7, 11) is 0. The molecule has 1 heterocycles. The Labute approximate surface area is 403 Å². The van der Waals surface area contributed by atoms with Gasteiger partial charge in [-0.05, 0) is 144 Å².